The average Bonchev–Trinajstić information content (AvgIpc) is 3.30. The van der Waals surface area contributed by atoms with E-state index in [9.17, 15) is 9.59 Å². The Hall–Kier alpha value is -3.63. The van der Waals surface area contributed by atoms with Crippen LogP contribution < -0.4 is 5.32 Å². The van der Waals surface area contributed by atoms with Gasteiger partial charge in [-0.3, -0.25) is 9.59 Å². The van der Waals surface area contributed by atoms with Crippen LogP contribution in [0.5, 0.6) is 0 Å². The molecule has 3 rings (SSSR count). The Bertz CT molecular complexity index is 1200. The molecule has 2 atom stereocenters. The molecule has 0 aliphatic rings. The maximum atomic E-state index is 13.1. The van der Waals surface area contributed by atoms with E-state index in [-0.39, 0.29) is 30.2 Å². The number of nitrogens with zero attached hydrogens (tertiary/aromatic N) is 4. The molecule has 0 saturated heterocycles. The number of hydrogen-bond donors (Lipinski definition) is 1. The average molecular weight is 506 g/mol. The maximum Gasteiger partial charge on any atom is 0.226 e. The molecule has 1 N–H and O–H groups in total. The largest absolute Gasteiger partial charge is 0.351 e. The summed E-state index contributed by atoms with van der Waals surface area (Å²) in [5.74, 6) is 0.0226. The number of carbonyl (C=O) groups excluding carboxylic acids is 2. The summed E-state index contributed by atoms with van der Waals surface area (Å²) in [7, 11) is 0. The van der Waals surface area contributed by atoms with Gasteiger partial charge in [-0.25, -0.2) is 4.98 Å². The number of amides is 2. The van der Waals surface area contributed by atoms with Crippen molar-refractivity contribution in [2.75, 3.05) is 6.54 Å². The molecule has 3 aromatic rings. The fraction of sp³-hybridized carbons (Fsp3) is 0.357. The summed E-state index contributed by atoms with van der Waals surface area (Å²) < 4.78 is 1.93. The highest BCUT2D eigenvalue weighted by molar-refractivity contribution is 6.30. The molecular weight excluding hydrogens is 474 g/mol. The summed E-state index contributed by atoms with van der Waals surface area (Å²) in [4.78, 5) is 31.5. The van der Waals surface area contributed by atoms with Crippen molar-refractivity contribution >= 4 is 23.4 Å². The lowest BCUT2D eigenvalue weighted by Gasteiger charge is -2.31. The number of hydrogen-bond acceptors (Lipinski definition) is 4. The van der Waals surface area contributed by atoms with Gasteiger partial charge in [0.2, 0.25) is 11.8 Å². The highest BCUT2D eigenvalue weighted by Gasteiger charge is 2.23. The molecule has 1 heterocycles. The van der Waals surface area contributed by atoms with E-state index in [0.29, 0.717) is 30.2 Å². The molecule has 0 aliphatic carbocycles. The molecule has 2 amide bonds. The van der Waals surface area contributed by atoms with Gasteiger partial charge in [0.05, 0.1) is 24.4 Å². The van der Waals surface area contributed by atoms with E-state index in [4.69, 9.17) is 16.9 Å². The third-order valence-electron chi connectivity index (χ3n) is 6.40. The number of halogens is 1. The topological polar surface area (TPSA) is 91.0 Å². The first kappa shape index (κ1) is 27.0. The third-order valence-corrected chi connectivity index (χ3v) is 6.65. The van der Waals surface area contributed by atoms with Gasteiger partial charge < -0.3 is 14.8 Å². The number of aromatic nitrogens is 2. The van der Waals surface area contributed by atoms with Gasteiger partial charge in [-0.1, -0.05) is 56.1 Å². The van der Waals surface area contributed by atoms with Crippen molar-refractivity contribution < 1.29 is 9.59 Å². The lowest BCUT2D eigenvalue weighted by atomic mass is 9.98. The first-order chi connectivity index (χ1) is 17.3. The number of imidazole rings is 1. The van der Waals surface area contributed by atoms with E-state index in [0.717, 1.165) is 23.2 Å². The molecule has 36 heavy (non-hydrogen) atoms. The van der Waals surface area contributed by atoms with Crippen LogP contribution in [0.1, 0.15) is 49.6 Å². The molecule has 2 aromatic carbocycles. The second kappa shape index (κ2) is 12.9. The van der Waals surface area contributed by atoms with Crippen molar-refractivity contribution in [3.8, 4) is 6.07 Å². The van der Waals surface area contributed by atoms with E-state index in [1.807, 2.05) is 41.0 Å². The van der Waals surface area contributed by atoms with E-state index in [1.165, 1.54) is 0 Å². The summed E-state index contributed by atoms with van der Waals surface area (Å²) in [6, 6.07) is 16.7. The molecule has 2 unspecified atom stereocenters. The zero-order chi connectivity index (χ0) is 26.1. The number of carbonyl (C=O) groups is 2. The summed E-state index contributed by atoms with van der Waals surface area (Å²) in [6.07, 6.45) is 4.45. The molecule has 0 spiro atoms. The van der Waals surface area contributed by atoms with Gasteiger partial charge in [-0.2, -0.15) is 5.26 Å². The second-order valence-electron chi connectivity index (χ2n) is 9.08. The predicted molar refractivity (Wildman–Crippen MR) is 140 cm³/mol. The quantitative estimate of drug-likeness (QED) is 0.413. The SMILES string of the molecule is CCC(C)C(CN(Cc1ccc(Cl)cc1)C(C)=O)NC(=O)Cc1cncn1Cc1ccc(C#N)cc1. The Balaban J connectivity index is 1.66. The fourth-order valence-electron chi connectivity index (χ4n) is 3.95. The molecule has 7 nitrogen and oxygen atoms in total. The Morgan fingerprint density at radius 1 is 1.14 bits per heavy atom. The molecule has 8 heteroatoms. The number of nitrogens with one attached hydrogen (secondary N) is 1. The van der Waals surface area contributed by atoms with Crippen LogP contribution >= 0.6 is 11.6 Å². The lowest BCUT2D eigenvalue weighted by molar-refractivity contribution is -0.131. The first-order valence-corrected chi connectivity index (χ1v) is 12.4. The fourth-order valence-corrected chi connectivity index (χ4v) is 4.07. The molecule has 0 radical (unpaired) electrons. The van der Waals surface area contributed by atoms with Crippen molar-refractivity contribution in [3.05, 3.63) is 88.5 Å². The van der Waals surface area contributed by atoms with Gasteiger partial charge in [0, 0.05) is 49.5 Å². The third kappa shape index (κ3) is 7.69. The standard InChI is InChI=1S/C28H32ClN5O2/c1-4-20(2)27(18-33(21(3)35)16-24-9-11-25(29)12-10-24)32-28(36)13-26-15-31-19-34(26)17-23-7-5-22(14-30)6-8-23/h5-12,15,19-20,27H,4,13,16-18H2,1-3H3,(H,32,36). The van der Waals surface area contributed by atoms with E-state index in [2.05, 4.69) is 30.2 Å². The van der Waals surface area contributed by atoms with E-state index in [1.54, 1.807) is 36.5 Å². The van der Waals surface area contributed by atoms with Crippen LogP contribution in [-0.2, 0) is 29.1 Å². The molecule has 0 bridgehead atoms. The Kier molecular flexibility index (Phi) is 9.66. The molecule has 0 saturated carbocycles. The van der Waals surface area contributed by atoms with E-state index < -0.39 is 0 Å². The Morgan fingerprint density at radius 3 is 2.42 bits per heavy atom. The van der Waals surface area contributed by atoms with Crippen LogP contribution in [0.15, 0.2) is 61.1 Å². The minimum absolute atomic E-state index is 0.0482. The highest BCUT2D eigenvalue weighted by atomic mass is 35.5. The first-order valence-electron chi connectivity index (χ1n) is 12.1. The normalized spacial score (nSPS) is 12.4. The monoisotopic (exact) mass is 505 g/mol. The number of benzene rings is 2. The molecule has 1 aromatic heterocycles. The summed E-state index contributed by atoms with van der Waals surface area (Å²) in [5, 5.41) is 12.8. The van der Waals surface area contributed by atoms with Crippen molar-refractivity contribution in [1.29, 1.82) is 5.26 Å². The van der Waals surface area contributed by atoms with Gasteiger partial charge in [-0.15, -0.1) is 0 Å². The van der Waals surface area contributed by atoms with Crippen LogP contribution in [-0.4, -0.2) is 38.9 Å². The van der Waals surface area contributed by atoms with Crippen LogP contribution in [0.2, 0.25) is 5.02 Å². The van der Waals surface area contributed by atoms with Gasteiger partial charge in [0.15, 0.2) is 0 Å². The highest BCUT2D eigenvalue weighted by Crippen LogP contribution is 2.15. The number of rotatable bonds is 11. The Labute approximate surface area is 217 Å². The maximum absolute atomic E-state index is 13.1. The minimum Gasteiger partial charge on any atom is -0.351 e. The van der Waals surface area contributed by atoms with Crippen LogP contribution in [0.3, 0.4) is 0 Å². The van der Waals surface area contributed by atoms with Crippen molar-refractivity contribution in [2.24, 2.45) is 5.92 Å². The Morgan fingerprint density at radius 2 is 1.81 bits per heavy atom. The summed E-state index contributed by atoms with van der Waals surface area (Å²) >= 11 is 5.99. The predicted octanol–water partition coefficient (Wildman–Crippen LogP) is 4.58. The lowest BCUT2D eigenvalue weighted by Crippen LogP contribution is -2.48. The van der Waals surface area contributed by atoms with Gasteiger partial charge in [0.25, 0.3) is 0 Å². The van der Waals surface area contributed by atoms with Crippen molar-refractivity contribution in [2.45, 2.75) is 52.7 Å². The smallest absolute Gasteiger partial charge is 0.226 e. The molecule has 0 aliphatic heterocycles. The van der Waals surface area contributed by atoms with E-state index >= 15 is 0 Å². The second-order valence-corrected chi connectivity index (χ2v) is 9.52. The molecule has 188 valence electrons. The van der Waals surface area contributed by atoms with Crippen LogP contribution in [0, 0.1) is 17.2 Å². The zero-order valence-corrected chi connectivity index (χ0v) is 21.7. The minimum atomic E-state index is -0.186. The molecule has 0 fully saturated rings. The van der Waals surface area contributed by atoms with Crippen LogP contribution in [0.25, 0.3) is 0 Å². The van der Waals surface area contributed by atoms with Crippen LogP contribution in [0.4, 0.5) is 0 Å². The van der Waals surface area contributed by atoms with Gasteiger partial charge in [-0.05, 0) is 41.3 Å². The zero-order valence-electron chi connectivity index (χ0n) is 20.9. The number of nitriles is 1. The molecular formula is C28H32ClN5O2. The van der Waals surface area contributed by atoms with Crippen molar-refractivity contribution in [3.63, 3.8) is 0 Å². The summed E-state index contributed by atoms with van der Waals surface area (Å²) in [6.45, 7) is 7.14. The summed E-state index contributed by atoms with van der Waals surface area (Å²) in [5.41, 5.74) is 3.40. The van der Waals surface area contributed by atoms with Gasteiger partial charge >= 0.3 is 0 Å². The van der Waals surface area contributed by atoms with Gasteiger partial charge in [0.1, 0.15) is 0 Å². The van der Waals surface area contributed by atoms with Crippen molar-refractivity contribution in [1.82, 2.24) is 19.8 Å².